The molecular formula is C23H36N4O4. The molecule has 0 saturated carbocycles. The molecule has 1 fully saturated rings. The minimum atomic E-state index is -0.550. The largest absolute Gasteiger partial charge is 0.493 e. The number of aromatic nitrogens is 2. The summed E-state index contributed by atoms with van der Waals surface area (Å²) in [6.45, 7) is 10.7. The SMILES string of the molecule is COc1cc(CNCCCn2nc(C)cc2C)ccc1OC[C@@H](O)CN1CCOCC1. The molecule has 31 heavy (non-hydrogen) atoms. The molecule has 1 saturated heterocycles. The third-order valence-corrected chi connectivity index (χ3v) is 5.39. The van der Waals surface area contributed by atoms with Crippen LogP contribution in [-0.2, 0) is 17.8 Å². The van der Waals surface area contributed by atoms with Crippen LogP contribution in [0.1, 0.15) is 23.4 Å². The number of aliphatic hydroxyl groups excluding tert-OH is 1. The first-order valence-electron chi connectivity index (χ1n) is 11.0. The molecule has 1 aromatic heterocycles. The van der Waals surface area contributed by atoms with E-state index in [0.29, 0.717) is 18.0 Å². The van der Waals surface area contributed by atoms with Crippen molar-refractivity contribution in [3.63, 3.8) is 0 Å². The summed E-state index contributed by atoms with van der Waals surface area (Å²) >= 11 is 0. The van der Waals surface area contributed by atoms with Gasteiger partial charge in [-0.1, -0.05) is 6.07 Å². The number of β-amino-alcohol motifs (C(OH)–C–C–N with tert-alkyl or cyclic N) is 1. The number of nitrogens with one attached hydrogen (secondary N) is 1. The fraction of sp³-hybridized carbons (Fsp3) is 0.609. The van der Waals surface area contributed by atoms with E-state index in [2.05, 4.69) is 33.0 Å². The lowest BCUT2D eigenvalue weighted by Crippen LogP contribution is -2.42. The second-order valence-electron chi connectivity index (χ2n) is 8.04. The van der Waals surface area contributed by atoms with E-state index in [1.54, 1.807) is 7.11 Å². The van der Waals surface area contributed by atoms with Gasteiger partial charge in [-0.05, 0) is 50.6 Å². The quantitative estimate of drug-likeness (QED) is 0.495. The first-order chi connectivity index (χ1) is 15.0. The van der Waals surface area contributed by atoms with E-state index >= 15 is 0 Å². The van der Waals surface area contributed by atoms with Gasteiger partial charge in [0.1, 0.15) is 12.7 Å². The van der Waals surface area contributed by atoms with Gasteiger partial charge in [-0.2, -0.15) is 5.10 Å². The number of rotatable bonds is 12. The van der Waals surface area contributed by atoms with Gasteiger partial charge in [0.25, 0.3) is 0 Å². The monoisotopic (exact) mass is 432 g/mol. The summed E-state index contributed by atoms with van der Waals surface area (Å²) in [7, 11) is 1.64. The van der Waals surface area contributed by atoms with Crippen LogP contribution < -0.4 is 14.8 Å². The molecule has 1 aromatic carbocycles. The Balaban J connectivity index is 1.39. The van der Waals surface area contributed by atoms with E-state index in [-0.39, 0.29) is 6.61 Å². The van der Waals surface area contributed by atoms with Crippen molar-refractivity contribution in [3.05, 3.63) is 41.2 Å². The van der Waals surface area contributed by atoms with E-state index < -0.39 is 6.10 Å². The first kappa shape index (κ1) is 23.5. The van der Waals surface area contributed by atoms with Gasteiger partial charge in [-0.25, -0.2) is 0 Å². The van der Waals surface area contributed by atoms with E-state index in [1.165, 1.54) is 5.69 Å². The molecular weight excluding hydrogens is 396 g/mol. The van der Waals surface area contributed by atoms with E-state index in [0.717, 1.165) is 63.6 Å². The number of hydrogen-bond acceptors (Lipinski definition) is 7. The number of ether oxygens (including phenoxy) is 3. The smallest absolute Gasteiger partial charge is 0.161 e. The second-order valence-corrected chi connectivity index (χ2v) is 8.04. The van der Waals surface area contributed by atoms with Crippen molar-refractivity contribution < 1.29 is 19.3 Å². The molecule has 0 bridgehead atoms. The van der Waals surface area contributed by atoms with Crippen molar-refractivity contribution in [2.75, 3.05) is 53.1 Å². The van der Waals surface area contributed by atoms with Gasteiger partial charge in [0, 0.05) is 38.4 Å². The van der Waals surface area contributed by atoms with E-state index in [9.17, 15) is 5.11 Å². The van der Waals surface area contributed by atoms with E-state index in [1.807, 2.05) is 25.1 Å². The summed E-state index contributed by atoms with van der Waals surface area (Å²) in [6, 6.07) is 8.02. The number of nitrogens with zero attached hydrogens (tertiary/aromatic N) is 3. The van der Waals surface area contributed by atoms with Gasteiger partial charge in [0.05, 0.1) is 26.0 Å². The number of morpholine rings is 1. The van der Waals surface area contributed by atoms with Crippen LogP contribution in [-0.4, -0.2) is 79.0 Å². The molecule has 0 unspecified atom stereocenters. The summed E-state index contributed by atoms with van der Waals surface area (Å²) in [4.78, 5) is 2.19. The first-order valence-corrected chi connectivity index (χ1v) is 11.0. The summed E-state index contributed by atoms with van der Waals surface area (Å²) in [6.07, 6.45) is 0.466. The maximum atomic E-state index is 10.3. The molecule has 1 atom stereocenters. The lowest BCUT2D eigenvalue weighted by atomic mass is 10.2. The molecule has 0 aliphatic carbocycles. The van der Waals surface area contributed by atoms with Crippen molar-refractivity contribution in [3.8, 4) is 11.5 Å². The fourth-order valence-electron chi connectivity index (χ4n) is 3.75. The zero-order chi connectivity index (χ0) is 22.1. The number of aliphatic hydroxyl groups is 1. The molecule has 0 amide bonds. The Hall–Kier alpha value is -2.13. The number of aryl methyl sites for hydroxylation is 3. The Morgan fingerprint density at radius 3 is 2.71 bits per heavy atom. The minimum absolute atomic E-state index is 0.234. The topological polar surface area (TPSA) is 81.0 Å². The molecule has 1 aliphatic rings. The lowest BCUT2D eigenvalue weighted by Gasteiger charge is -2.28. The van der Waals surface area contributed by atoms with Gasteiger partial charge in [0.15, 0.2) is 11.5 Å². The predicted molar refractivity (Wildman–Crippen MR) is 120 cm³/mol. The van der Waals surface area contributed by atoms with E-state index in [4.69, 9.17) is 14.2 Å². The molecule has 8 nitrogen and oxygen atoms in total. The van der Waals surface area contributed by atoms with Gasteiger partial charge in [-0.3, -0.25) is 9.58 Å². The summed E-state index contributed by atoms with van der Waals surface area (Å²) < 4.78 is 18.7. The van der Waals surface area contributed by atoms with Crippen LogP contribution in [0.3, 0.4) is 0 Å². The fourth-order valence-corrected chi connectivity index (χ4v) is 3.75. The third kappa shape index (κ3) is 7.50. The number of methoxy groups -OCH3 is 1. The Morgan fingerprint density at radius 1 is 1.19 bits per heavy atom. The van der Waals surface area contributed by atoms with Gasteiger partial charge in [-0.15, -0.1) is 0 Å². The Bertz CT molecular complexity index is 805. The zero-order valence-corrected chi connectivity index (χ0v) is 19.0. The average Bonchev–Trinajstić information content (AvgIpc) is 3.09. The summed E-state index contributed by atoms with van der Waals surface area (Å²) in [5.41, 5.74) is 3.39. The summed E-state index contributed by atoms with van der Waals surface area (Å²) in [5, 5.41) is 18.2. The highest BCUT2D eigenvalue weighted by Crippen LogP contribution is 2.28. The summed E-state index contributed by atoms with van der Waals surface area (Å²) in [5.74, 6) is 1.33. The van der Waals surface area contributed by atoms with Crippen LogP contribution in [0.25, 0.3) is 0 Å². The van der Waals surface area contributed by atoms with Crippen molar-refractivity contribution in [1.29, 1.82) is 0 Å². The lowest BCUT2D eigenvalue weighted by molar-refractivity contribution is 0.00445. The van der Waals surface area contributed by atoms with Gasteiger partial charge < -0.3 is 24.6 Å². The van der Waals surface area contributed by atoms with Crippen LogP contribution in [0.2, 0.25) is 0 Å². The highest BCUT2D eigenvalue weighted by Gasteiger charge is 2.16. The van der Waals surface area contributed by atoms with Crippen molar-refractivity contribution in [2.45, 2.75) is 39.5 Å². The zero-order valence-electron chi connectivity index (χ0n) is 19.0. The molecule has 2 heterocycles. The number of benzene rings is 1. The second kappa shape index (κ2) is 12.0. The maximum absolute atomic E-state index is 10.3. The molecule has 8 heteroatoms. The molecule has 2 aromatic rings. The predicted octanol–water partition coefficient (Wildman–Crippen LogP) is 1.76. The molecule has 0 radical (unpaired) electrons. The Labute approximate surface area is 185 Å². The molecule has 1 aliphatic heterocycles. The van der Waals surface area contributed by atoms with Crippen molar-refractivity contribution >= 4 is 0 Å². The molecule has 2 N–H and O–H groups in total. The standard InChI is InChI=1S/C23H36N4O4/c1-18-13-19(2)27(25-18)8-4-7-24-15-20-5-6-22(23(14-20)29-3)31-17-21(28)16-26-9-11-30-12-10-26/h5-6,13-14,21,24,28H,4,7-12,15-17H2,1-3H3/t21-/m0/s1. The highest BCUT2D eigenvalue weighted by atomic mass is 16.5. The van der Waals surface area contributed by atoms with Crippen LogP contribution in [0, 0.1) is 13.8 Å². The number of hydrogen-bond donors (Lipinski definition) is 2. The molecule has 172 valence electrons. The Morgan fingerprint density at radius 2 is 2.00 bits per heavy atom. The highest BCUT2D eigenvalue weighted by molar-refractivity contribution is 5.43. The van der Waals surface area contributed by atoms with Crippen LogP contribution in [0.15, 0.2) is 24.3 Å². The van der Waals surface area contributed by atoms with Gasteiger partial charge >= 0.3 is 0 Å². The normalized spacial score (nSPS) is 15.7. The van der Waals surface area contributed by atoms with Crippen molar-refractivity contribution in [1.82, 2.24) is 20.0 Å². The van der Waals surface area contributed by atoms with Crippen LogP contribution in [0.5, 0.6) is 11.5 Å². The maximum Gasteiger partial charge on any atom is 0.161 e. The van der Waals surface area contributed by atoms with Crippen LogP contribution >= 0.6 is 0 Å². The van der Waals surface area contributed by atoms with Crippen molar-refractivity contribution in [2.24, 2.45) is 0 Å². The van der Waals surface area contributed by atoms with Crippen LogP contribution in [0.4, 0.5) is 0 Å². The minimum Gasteiger partial charge on any atom is -0.493 e. The molecule has 0 spiro atoms. The average molecular weight is 433 g/mol. The Kier molecular flexibility index (Phi) is 9.14. The molecule has 3 rings (SSSR count). The third-order valence-electron chi connectivity index (χ3n) is 5.39. The van der Waals surface area contributed by atoms with Gasteiger partial charge in [0.2, 0.25) is 0 Å².